The lowest BCUT2D eigenvalue weighted by molar-refractivity contribution is 1.83. The smallest absolute Gasteiger partial charge is 0.385 e. The molecule has 3 aromatic rings. The molecule has 0 atom stereocenters. The van der Waals surface area contributed by atoms with Crippen LogP contribution in [0.4, 0.5) is 5.69 Å². The standard InChI is InChI=1S/C12H8Cl3NS3Si/c13-20(14,15)12-10(16)9(7-3-1-5-17-7)11(19-12)8-4-2-6-18-8/h1-6H,16H2. The van der Waals surface area contributed by atoms with E-state index in [-0.39, 0.29) is 0 Å². The molecule has 0 aliphatic rings. The van der Waals surface area contributed by atoms with Gasteiger partial charge in [0.1, 0.15) is 0 Å². The molecule has 3 aromatic heterocycles. The molecule has 0 aliphatic heterocycles. The lowest BCUT2D eigenvalue weighted by atomic mass is 10.1. The second-order valence-electron chi connectivity index (χ2n) is 4.00. The summed E-state index contributed by atoms with van der Waals surface area (Å²) in [5, 5.41) is 4.06. The van der Waals surface area contributed by atoms with Crippen molar-refractivity contribution in [2.45, 2.75) is 0 Å². The highest BCUT2D eigenvalue weighted by Crippen LogP contribution is 2.45. The van der Waals surface area contributed by atoms with Gasteiger partial charge in [0.2, 0.25) is 0 Å². The summed E-state index contributed by atoms with van der Waals surface area (Å²) in [6, 6.07) is 5.13. The maximum Gasteiger partial charge on any atom is 0.385 e. The average molecular weight is 397 g/mol. The van der Waals surface area contributed by atoms with Crippen LogP contribution in [0.1, 0.15) is 0 Å². The van der Waals surface area contributed by atoms with Gasteiger partial charge in [-0.05, 0) is 22.9 Å². The van der Waals surface area contributed by atoms with Crippen LogP contribution in [0.15, 0.2) is 35.0 Å². The number of nitrogens with two attached hydrogens (primary N) is 1. The molecule has 3 rings (SSSR count). The molecule has 0 saturated carbocycles. The largest absolute Gasteiger partial charge is 0.397 e. The molecular weight excluding hydrogens is 389 g/mol. The van der Waals surface area contributed by atoms with Crippen LogP contribution in [-0.4, -0.2) is 6.00 Å². The Balaban J connectivity index is 2.28. The maximum atomic E-state index is 6.29. The van der Waals surface area contributed by atoms with Gasteiger partial charge in [-0.2, -0.15) is 0 Å². The summed E-state index contributed by atoms with van der Waals surface area (Å²) in [5.74, 6) is 0. The maximum absolute atomic E-state index is 6.29. The summed E-state index contributed by atoms with van der Waals surface area (Å²) in [6.07, 6.45) is 0. The van der Waals surface area contributed by atoms with Crippen molar-refractivity contribution in [2.75, 3.05) is 5.73 Å². The number of thiophene rings is 3. The first kappa shape index (κ1) is 14.9. The predicted molar refractivity (Wildman–Crippen MR) is 98.3 cm³/mol. The topological polar surface area (TPSA) is 26.0 Å². The summed E-state index contributed by atoms with van der Waals surface area (Å²) < 4.78 is 0.717. The minimum absolute atomic E-state index is 0.618. The molecule has 2 N–H and O–H groups in total. The van der Waals surface area contributed by atoms with Gasteiger partial charge in [0.15, 0.2) is 0 Å². The third-order valence-electron chi connectivity index (χ3n) is 2.72. The lowest BCUT2D eigenvalue weighted by Gasteiger charge is -2.06. The zero-order valence-corrected chi connectivity index (χ0v) is 15.6. The highest BCUT2D eigenvalue weighted by atomic mass is 35.8. The molecule has 8 heteroatoms. The highest BCUT2D eigenvalue weighted by molar-refractivity contribution is 7.73. The SMILES string of the molecule is Nc1c([Si](Cl)(Cl)Cl)sc(-c2cccs2)c1-c1cccs1. The minimum Gasteiger partial charge on any atom is -0.397 e. The summed E-state index contributed by atoms with van der Waals surface area (Å²) in [6.45, 7) is 0. The van der Waals surface area contributed by atoms with E-state index in [2.05, 4.69) is 6.07 Å². The van der Waals surface area contributed by atoms with Crippen LogP contribution in [0.3, 0.4) is 0 Å². The molecule has 0 radical (unpaired) electrons. The number of hydrogen-bond acceptors (Lipinski definition) is 4. The third kappa shape index (κ3) is 2.68. The van der Waals surface area contributed by atoms with Crippen LogP contribution < -0.4 is 10.2 Å². The molecule has 0 bridgehead atoms. The van der Waals surface area contributed by atoms with Crippen LogP contribution >= 0.6 is 67.2 Å². The molecule has 0 aromatic carbocycles. The van der Waals surface area contributed by atoms with E-state index in [0.29, 0.717) is 10.2 Å². The van der Waals surface area contributed by atoms with E-state index in [1.54, 1.807) is 22.7 Å². The highest BCUT2D eigenvalue weighted by Gasteiger charge is 2.36. The minimum atomic E-state index is -2.99. The van der Waals surface area contributed by atoms with Crippen molar-refractivity contribution in [3.63, 3.8) is 0 Å². The Kier molecular flexibility index (Phi) is 4.21. The average Bonchev–Trinajstić information content (AvgIpc) is 3.06. The van der Waals surface area contributed by atoms with Gasteiger partial charge in [-0.1, -0.05) is 12.1 Å². The quantitative estimate of drug-likeness (QED) is 0.449. The fraction of sp³-hybridized carbons (Fsp3) is 0. The molecule has 3 heterocycles. The van der Waals surface area contributed by atoms with Crippen LogP contribution in [0.2, 0.25) is 0 Å². The predicted octanol–water partition coefficient (Wildman–Crippen LogP) is 5.65. The van der Waals surface area contributed by atoms with Gasteiger partial charge in [-0.3, -0.25) is 0 Å². The van der Waals surface area contributed by atoms with Gasteiger partial charge >= 0.3 is 6.00 Å². The van der Waals surface area contributed by atoms with Crippen molar-refractivity contribution < 1.29 is 0 Å². The molecule has 0 aliphatic carbocycles. The summed E-state index contributed by atoms with van der Waals surface area (Å²) in [7, 11) is 0. The van der Waals surface area contributed by atoms with E-state index >= 15 is 0 Å². The molecule has 104 valence electrons. The summed E-state index contributed by atoms with van der Waals surface area (Å²) >= 11 is 23.4. The normalized spacial score (nSPS) is 11.9. The zero-order chi connectivity index (χ0) is 14.3. The van der Waals surface area contributed by atoms with Crippen LogP contribution in [0.5, 0.6) is 0 Å². The zero-order valence-electron chi connectivity index (χ0n) is 9.90. The Labute approximate surface area is 143 Å². The fourth-order valence-electron chi connectivity index (χ4n) is 1.90. The van der Waals surface area contributed by atoms with E-state index in [9.17, 15) is 0 Å². The van der Waals surface area contributed by atoms with Gasteiger partial charge in [-0.25, -0.2) is 0 Å². The van der Waals surface area contributed by atoms with Gasteiger partial charge in [0.25, 0.3) is 0 Å². The van der Waals surface area contributed by atoms with Crippen LogP contribution in [0.25, 0.3) is 20.2 Å². The van der Waals surface area contributed by atoms with Crippen molar-refractivity contribution in [3.8, 4) is 20.2 Å². The third-order valence-corrected chi connectivity index (χ3v) is 10.4. The van der Waals surface area contributed by atoms with Crippen molar-refractivity contribution in [2.24, 2.45) is 0 Å². The monoisotopic (exact) mass is 395 g/mol. The van der Waals surface area contributed by atoms with Crippen molar-refractivity contribution >= 4 is 83.4 Å². The number of rotatable bonds is 3. The van der Waals surface area contributed by atoms with Gasteiger partial charge in [0.05, 0.1) is 15.1 Å². The Bertz CT molecular complexity index is 714. The van der Waals surface area contributed by atoms with Crippen LogP contribution in [-0.2, 0) is 0 Å². The first-order chi connectivity index (χ1) is 9.48. The van der Waals surface area contributed by atoms with E-state index in [1.807, 2.05) is 29.0 Å². The van der Waals surface area contributed by atoms with E-state index in [1.165, 1.54) is 11.3 Å². The first-order valence-corrected chi connectivity index (χ1v) is 13.2. The molecule has 20 heavy (non-hydrogen) atoms. The number of halogens is 3. The molecule has 0 amide bonds. The second kappa shape index (κ2) is 5.65. The van der Waals surface area contributed by atoms with Crippen LogP contribution in [0, 0.1) is 0 Å². The van der Waals surface area contributed by atoms with Gasteiger partial charge < -0.3 is 5.73 Å². The van der Waals surface area contributed by atoms with E-state index in [0.717, 1.165) is 20.2 Å². The lowest BCUT2D eigenvalue weighted by Crippen LogP contribution is -2.29. The Morgan fingerprint density at radius 1 is 0.950 bits per heavy atom. The molecule has 1 nitrogen and oxygen atoms in total. The fourth-order valence-corrected chi connectivity index (χ4v) is 7.76. The Morgan fingerprint density at radius 2 is 1.55 bits per heavy atom. The number of nitrogen functional groups attached to an aromatic ring is 1. The molecule has 0 unspecified atom stereocenters. The Morgan fingerprint density at radius 3 is 2.05 bits per heavy atom. The first-order valence-electron chi connectivity index (χ1n) is 5.55. The summed E-state index contributed by atoms with van der Waals surface area (Å²) in [5.41, 5.74) is 7.91. The van der Waals surface area contributed by atoms with Gasteiger partial charge in [-0.15, -0.1) is 67.2 Å². The summed E-state index contributed by atoms with van der Waals surface area (Å²) in [4.78, 5) is 3.35. The molecule has 0 fully saturated rings. The number of anilines is 1. The Hall–Kier alpha value is -0.0131. The van der Waals surface area contributed by atoms with Crippen molar-refractivity contribution in [1.29, 1.82) is 0 Å². The molecule has 0 spiro atoms. The van der Waals surface area contributed by atoms with Crippen molar-refractivity contribution in [1.82, 2.24) is 0 Å². The van der Waals surface area contributed by atoms with E-state index < -0.39 is 6.00 Å². The second-order valence-corrected chi connectivity index (χ2v) is 15.6. The van der Waals surface area contributed by atoms with Gasteiger partial charge in [0, 0.05) is 15.3 Å². The number of hydrogen-bond donors (Lipinski definition) is 1. The molecule has 0 saturated heterocycles. The van der Waals surface area contributed by atoms with Crippen molar-refractivity contribution in [3.05, 3.63) is 35.0 Å². The molecular formula is C12H8Cl3NS3Si. The van der Waals surface area contributed by atoms with E-state index in [4.69, 9.17) is 39.0 Å².